The number of aromatic nitrogens is 2. The average Bonchev–Trinajstić information content (AvgIpc) is 3.78. The van der Waals surface area contributed by atoms with Gasteiger partial charge in [-0.1, -0.05) is 66.7 Å². The fourth-order valence-corrected chi connectivity index (χ4v) is 8.56. The monoisotopic (exact) mass is 614 g/mol. The highest BCUT2D eigenvalue weighted by atomic mass is 32.1. The summed E-state index contributed by atoms with van der Waals surface area (Å²) in [5.74, 6) is 0. The molecule has 0 spiro atoms. The number of para-hydroxylation sites is 3. The number of rotatable bonds is 2. The fraction of sp³-hybridized carbons (Fsp3) is 0. The third kappa shape index (κ3) is 3.44. The molecular formula is C40H18N6S. The molecule has 0 radical (unpaired) electrons. The predicted molar refractivity (Wildman–Crippen MR) is 190 cm³/mol. The lowest BCUT2D eigenvalue weighted by Gasteiger charge is -2.13. The number of thiophene rings is 1. The second-order valence-corrected chi connectivity index (χ2v) is 12.3. The SMILES string of the molecule is [C-]#[N+]c1c(C#N)cc(-n2c3ccccc3c3c4sc5c(ccc6c5c5ccccc5n6-c5ccccc5)c4ccc32)c(C#N)c1[N+]#[C-]. The number of hydrogen-bond donors (Lipinski definition) is 0. The maximum atomic E-state index is 10.3. The maximum Gasteiger partial charge on any atom is 0.215 e. The van der Waals surface area contributed by atoms with Crippen LogP contribution in [0.3, 0.4) is 0 Å². The lowest BCUT2D eigenvalue weighted by Crippen LogP contribution is -1.99. The Morgan fingerprint density at radius 1 is 0.553 bits per heavy atom. The van der Waals surface area contributed by atoms with E-state index in [9.17, 15) is 10.5 Å². The van der Waals surface area contributed by atoms with E-state index in [-0.39, 0.29) is 22.5 Å². The van der Waals surface area contributed by atoms with Crippen molar-refractivity contribution in [1.29, 1.82) is 10.5 Å². The molecule has 0 saturated heterocycles. The van der Waals surface area contributed by atoms with Crippen LogP contribution < -0.4 is 0 Å². The van der Waals surface area contributed by atoms with Crippen LogP contribution in [0.2, 0.25) is 0 Å². The maximum absolute atomic E-state index is 10.3. The lowest BCUT2D eigenvalue weighted by molar-refractivity contribution is 1.17. The van der Waals surface area contributed by atoms with E-state index in [2.05, 4.69) is 105 Å². The highest BCUT2D eigenvalue weighted by Gasteiger charge is 2.25. The van der Waals surface area contributed by atoms with Gasteiger partial charge in [-0.15, -0.1) is 11.3 Å². The molecule has 9 rings (SSSR count). The Balaban J connectivity index is 1.44. The smallest absolute Gasteiger partial charge is 0.215 e. The molecule has 0 amide bonds. The van der Waals surface area contributed by atoms with Crippen molar-refractivity contribution < 1.29 is 0 Å². The van der Waals surface area contributed by atoms with Crippen LogP contribution in [0, 0.1) is 35.8 Å². The highest BCUT2D eigenvalue weighted by Crippen LogP contribution is 2.48. The molecule has 0 atom stereocenters. The Labute approximate surface area is 272 Å². The summed E-state index contributed by atoms with van der Waals surface area (Å²) in [6.45, 7) is 15.4. The average molecular weight is 615 g/mol. The Bertz CT molecular complexity index is 3000. The van der Waals surface area contributed by atoms with Crippen LogP contribution in [-0.4, -0.2) is 9.13 Å². The lowest BCUT2D eigenvalue weighted by atomic mass is 10.0. The van der Waals surface area contributed by atoms with Gasteiger partial charge in [0.15, 0.2) is 0 Å². The third-order valence-electron chi connectivity index (χ3n) is 9.04. The molecule has 0 unspecified atom stereocenters. The van der Waals surface area contributed by atoms with Gasteiger partial charge in [0.25, 0.3) is 0 Å². The van der Waals surface area contributed by atoms with Crippen molar-refractivity contribution in [1.82, 2.24) is 9.13 Å². The molecule has 0 aliphatic heterocycles. The topological polar surface area (TPSA) is 66.2 Å². The Morgan fingerprint density at radius 3 is 1.68 bits per heavy atom. The summed E-state index contributed by atoms with van der Waals surface area (Å²) in [5.41, 5.74) is 5.51. The van der Waals surface area contributed by atoms with Crippen LogP contribution >= 0.6 is 11.3 Å². The Kier molecular flexibility index (Phi) is 5.53. The number of nitriles is 2. The first-order valence-electron chi connectivity index (χ1n) is 14.8. The van der Waals surface area contributed by atoms with E-state index < -0.39 is 0 Å². The molecule has 7 heteroatoms. The van der Waals surface area contributed by atoms with Crippen molar-refractivity contribution in [2.75, 3.05) is 0 Å². The first-order chi connectivity index (χ1) is 23.2. The standard InChI is InChI=1S/C40H18N6S/c1-43-37-23(21-41)20-34(29(22-42)38(37)44-2)46-31-15-9-7-13-28(31)36-33(46)19-17-26-25-16-18-32-35(39(25)47-40(26)36)27-12-6-8-14-30(27)45(32)24-10-4-3-5-11-24/h3-20H. The highest BCUT2D eigenvalue weighted by molar-refractivity contribution is 7.27. The molecule has 0 N–H and O–H groups in total. The molecule has 214 valence electrons. The number of nitrogens with zero attached hydrogens (tertiary/aromatic N) is 6. The molecular weight excluding hydrogens is 597 g/mol. The summed E-state index contributed by atoms with van der Waals surface area (Å²) in [5, 5.41) is 27.0. The summed E-state index contributed by atoms with van der Waals surface area (Å²) in [4.78, 5) is 7.01. The minimum atomic E-state index is -0.0948. The van der Waals surface area contributed by atoms with Crippen molar-refractivity contribution in [3.8, 4) is 23.5 Å². The first kappa shape index (κ1) is 26.5. The molecule has 6 nitrogen and oxygen atoms in total. The summed E-state index contributed by atoms with van der Waals surface area (Å²) < 4.78 is 6.62. The van der Waals surface area contributed by atoms with Crippen LogP contribution in [-0.2, 0) is 0 Å². The molecule has 0 aliphatic rings. The van der Waals surface area contributed by atoms with Gasteiger partial charge in [0.05, 0.1) is 58.6 Å². The zero-order valence-corrected chi connectivity index (χ0v) is 25.3. The largest absolute Gasteiger partial charge is 0.309 e. The minimum absolute atomic E-state index is 0.0751. The van der Waals surface area contributed by atoms with Crippen molar-refractivity contribution >= 4 is 86.5 Å². The van der Waals surface area contributed by atoms with E-state index in [0.29, 0.717) is 5.69 Å². The normalized spacial score (nSPS) is 11.3. The number of fused-ring (bicyclic) bond motifs is 11. The quantitative estimate of drug-likeness (QED) is 0.182. The second-order valence-electron chi connectivity index (χ2n) is 11.3. The van der Waals surface area contributed by atoms with Gasteiger partial charge >= 0.3 is 0 Å². The number of hydrogen-bond acceptors (Lipinski definition) is 3. The van der Waals surface area contributed by atoms with Gasteiger partial charge in [0, 0.05) is 53.0 Å². The molecule has 0 fully saturated rings. The number of benzene rings is 6. The Hall–Kier alpha value is -6.90. The van der Waals surface area contributed by atoms with Gasteiger partial charge in [-0.3, -0.25) is 0 Å². The van der Waals surface area contributed by atoms with E-state index in [0.717, 1.165) is 48.6 Å². The summed E-state index contributed by atoms with van der Waals surface area (Å²) in [6.07, 6.45) is 0. The van der Waals surface area contributed by atoms with E-state index in [1.807, 2.05) is 28.8 Å². The van der Waals surface area contributed by atoms with E-state index in [1.165, 1.54) is 20.9 Å². The van der Waals surface area contributed by atoms with Crippen molar-refractivity contribution in [3.05, 3.63) is 143 Å². The van der Waals surface area contributed by atoms with E-state index in [4.69, 9.17) is 13.1 Å². The minimum Gasteiger partial charge on any atom is -0.309 e. The first-order valence-corrected chi connectivity index (χ1v) is 15.6. The molecule has 6 aromatic carbocycles. The molecule has 9 aromatic rings. The van der Waals surface area contributed by atoms with Crippen LogP contribution in [0.5, 0.6) is 0 Å². The molecule has 47 heavy (non-hydrogen) atoms. The zero-order chi connectivity index (χ0) is 31.8. The molecule has 3 aromatic heterocycles. The zero-order valence-electron chi connectivity index (χ0n) is 24.5. The summed E-state index contributed by atoms with van der Waals surface area (Å²) >= 11 is 1.77. The van der Waals surface area contributed by atoms with Crippen LogP contribution in [0.4, 0.5) is 11.4 Å². The predicted octanol–water partition coefficient (Wildman–Crippen LogP) is 11.1. The summed E-state index contributed by atoms with van der Waals surface area (Å²) in [6, 6.07) is 41.5. The molecule has 3 heterocycles. The fourth-order valence-electron chi connectivity index (χ4n) is 7.15. The van der Waals surface area contributed by atoms with Crippen LogP contribution in [0.15, 0.2) is 109 Å². The van der Waals surface area contributed by atoms with Gasteiger partial charge < -0.3 is 9.13 Å². The van der Waals surface area contributed by atoms with E-state index in [1.54, 1.807) is 17.4 Å². The molecule has 0 aliphatic carbocycles. The van der Waals surface area contributed by atoms with Crippen LogP contribution in [0.25, 0.3) is 84.8 Å². The van der Waals surface area contributed by atoms with Gasteiger partial charge in [-0.2, -0.15) is 10.5 Å². The van der Waals surface area contributed by atoms with Crippen molar-refractivity contribution in [3.63, 3.8) is 0 Å². The molecule has 0 saturated carbocycles. The third-order valence-corrected chi connectivity index (χ3v) is 10.3. The van der Waals surface area contributed by atoms with Gasteiger partial charge in [-0.25, -0.2) is 9.69 Å². The second kappa shape index (κ2) is 9.80. The van der Waals surface area contributed by atoms with Gasteiger partial charge in [-0.05, 0) is 42.5 Å². The van der Waals surface area contributed by atoms with Crippen molar-refractivity contribution in [2.45, 2.75) is 0 Å². The molecule has 0 bridgehead atoms. The van der Waals surface area contributed by atoms with Gasteiger partial charge in [0.1, 0.15) is 0 Å². The van der Waals surface area contributed by atoms with Gasteiger partial charge in [0.2, 0.25) is 11.4 Å². The van der Waals surface area contributed by atoms with Crippen LogP contribution in [0.1, 0.15) is 11.1 Å². The summed E-state index contributed by atoms with van der Waals surface area (Å²) in [7, 11) is 0. The van der Waals surface area contributed by atoms with Crippen molar-refractivity contribution in [2.24, 2.45) is 0 Å². The van der Waals surface area contributed by atoms with E-state index >= 15 is 0 Å². The Morgan fingerprint density at radius 2 is 1.11 bits per heavy atom.